The Morgan fingerprint density at radius 3 is 2.13 bits per heavy atom. The van der Waals surface area contributed by atoms with Crippen molar-refractivity contribution in [3.05, 3.63) is 30.3 Å². The first kappa shape index (κ1) is 23.4. The van der Waals surface area contributed by atoms with E-state index in [4.69, 9.17) is 4.74 Å². The van der Waals surface area contributed by atoms with Crippen LogP contribution in [0.5, 0.6) is 5.75 Å². The molecule has 4 aliphatic rings. The van der Waals surface area contributed by atoms with Crippen LogP contribution in [0.3, 0.4) is 0 Å². The Labute approximate surface area is 202 Å². The lowest BCUT2D eigenvalue weighted by molar-refractivity contribution is -0.128. The Kier molecular flexibility index (Phi) is 8.22. The maximum absolute atomic E-state index is 12.6. The van der Waals surface area contributed by atoms with Crippen molar-refractivity contribution in [3.8, 4) is 5.75 Å². The predicted molar refractivity (Wildman–Crippen MR) is 136 cm³/mol. The lowest BCUT2D eigenvalue weighted by Gasteiger charge is -2.57. The zero-order valence-corrected chi connectivity index (χ0v) is 21.2. The molecule has 3 nitrogen and oxygen atoms in total. The number of para-hydroxylation sites is 1. The van der Waals surface area contributed by atoms with Crippen molar-refractivity contribution in [2.24, 2.45) is 11.3 Å². The molecule has 0 spiro atoms. The van der Waals surface area contributed by atoms with Gasteiger partial charge in [-0.25, -0.2) is 0 Å². The smallest absolute Gasteiger partial charge is 0.258 e. The third kappa shape index (κ3) is 6.17. The summed E-state index contributed by atoms with van der Waals surface area (Å²) in [5.41, 5.74) is 0.589. The molecule has 1 N–H and O–H groups in total. The maximum Gasteiger partial charge on any atom is 0.258 e. The van der Waals surface area contributed by atoms with E-state index < -0.39 is 0 Å². The van der Waals surface area contributed by atoms with Crippen molar-refractivity contribution < 1.29 is 9.53 Å². The highest BCUT2D eigenvalue weighted by molar-refractivity contribution is 14.1. The monoisotopic (exact) mass is 537 g/mol. The standard InChI is InChI=1S/C27H40INO2/c28-23-11-4-1-3-9-22(10-7-8-12-23)26-15-18-27(19-16-26,20-17-26)29-25(30)21-31-24-13-5-2-6-14-24/h2,5-6,13-14,22-23H,1,3-4,7-12,15-21H2,(H,29,30). The van der Waals surface area contributed by atoms with Crippen LogP contribution >= 0.6 is 22.6 Å². The Morgan fingerprint density at radius 1 is 0.871 bits per heavy atom. The minimum atomic E-state index is 0.0286. The van der Waals surface area contributed by atoms with Crippen LogP contribution in [0.25, 0.3) is 0 Å². The quantitative estimate of drug-likeness (QED) is 0.318. The summed E-state index contributed by atoms with van der Waals surface area (Å²) in [6.45, 7) is 0.122. The number of ether oxygens (including phenoxy) is 1. The van der Waals surface area contributed by atoms with Crippen molar-refractivity contribution in [3.63, 3.8) is 0 Å². The number of alkyl halides is 1. The first-order valence-electron chi connectivity index (χ1n) is 12.7. The molecule has 1 aromatic carbocycles. The zero-order chi connectivity index (χ0) is 21.6. The van der Waals surface area contributed by atoms with Crippen LogP contribution in [0.15, 0.2) is 30.3 Å². The fourth-order valence-electron chi connectivity index (χ4n) is 6.60. The summed E-state index contributed by atoms with van der Waals surface area (Å²) >= 11 is 2.68. The molecule has 1 amide bonds. The average molecular weight is 538 g/mol. The van der Waals surface area contributed by atoms with Gasteiger partial charge < -0.3 is 10.1 Å². The molecule has 4 aliphatic carbocycles. The fraction of sp³-hybridized carbons (Fsp3) is 0.741. The normalized spacial score (nSPS) is 34.5. The Bertz CT molecular complexity index is 682. The van der Waals surface area contributed by atoms with Crippen molar-refractivity contribution in [2.75, 3.05) is 6.61 Å². The third-order valence-electron chi connectivity index (χ3n) is 8.58. The molecule has 4 fully saturated rings. The summed E-state index contributed by atoms with van der Waals surface area (Å²) in [5.74, 6) is 1.72. The van der Waals surface area contributed by atoms with Gasteiger partial charge in [-0.2, -0.15) is 0 Å². The fourth-order valence-corrected chi connectivity index (χ4v) is 7.48. The summed E-state index contributed by atoms with van der Waals surface area (Å²) in [7, 11) is 0. The number of nitrogens with one attached hydrogen (secondary N) is 1. The molecule has 2 unspecified atom stereocenters. The average Bonchev–Trinajstić information content (AvgIpc) is 2.85. The van der Waals surface area contributed by atoms with Crippen LogP contribution in [0.1, 0.15) is 96.3 Å². The number of rotatable bonds is 5. The topological polar surface area (TPSA) is 38.3 Å². The maximum atomic E-state index is 12.6. The molecule has 172 valence electrons. The highest BCUT2D eigenvalue weighted by atomic mass is 127. The van der Waals surface area contributed by atoms with E-state index in [9.17, 15) is 4.79 Å². The molecule has 2 bridgehead atoms. The number of halogens is 1. The van der Waals surface area contributed by atoms with Crippen LogP contribution in [0.4, 0.5) is 0 Å². The molecular weight excluding hydrogens is 497 g/mol. The van der Waals surface area contributed by atoms with Gasteiger partial charge >= 0.3 is 0 Å². The second-order valence-electron chi connectivity index (χ2n) is 10.5. The van der Waals surface area contributed by atoms with Crippen molar-refractivity contribution >= 4 is 28.5 Å². The van der Waals surface area contributed by atoms with Gasteiger partial charge in [-0.15, -0.1) is 0 Å². The van der Waals surface area contributed by atoms with E-state index in [1.54, 1.807) is 0 Å². The SMILES string of the molecule is O=C(COc1ccccc1)NC12CCC(C3CCCCCC(I)CCCC3)(CC1)CC2. The van der Waals surface area contributed by atoms with Crippen LogP contribution in [-0.4, -0.2) is 22.0 Å². The second kappa shape index (κ2) is 10.9. The molecule has 4 saturated carbocycles. The summed E-state index contributed by atoms with van der Waals surface area (Å²) in [5, 5.41) is 3.40. The van der Waals surface area contributed by atoms with Gasteiger partial charge in [0.15, 0.2) is 6.61 Å². The molecular formula is C27H40INO2. The molecule has 0 saturated heterocycles. The van der Waals surface area contributed by atoms with Gasteiger partial charge in [-0.3, -0.25) is 4.79 Å². The molecule has 4 heteroatoms. The second-order valence-corrected chi connectivity index (χ2v) is 12.3. The van der Waals surface area contributed by atoms with E-state index >= 15 is 0 Å². The predicted octanol–water partition coefficient (Wildman–Crippen LogP) is 7.22. The lowest BCUT2D eigenvalue weighted by atomic mass is 9.51. The number of amides is 1. The number of benzene rings is 1. The minimum Gasteiger partial charge on any atom is -0.484 e. The minimum absolute atomic E-state index is 0.0286. The Morgan fingerprint density at radius 2 is 1.45 bits per heavy atom. The molecule has 5 rings (SSSR count). The molecule has 31 heavy (non-hydrogen) atoms. The van der Waals surface area contributed by atoms with Crippen LogP contribution in [-0.2, 0) is 4.79 Å². The number of carbonyl (C=O) groups excluding carboxylic acids is 1. The summed E-state index contributed by atoms with van der Waals surface area (Å²) in [6, 6.07) is 9.65. The van der Waals surface area contributed by atoms with Crippen molar-refractivity contribution in [1.82, 2.24) is 5.32 Å². The first-order valence-corrected chi connectivity index (χ1v) is 14.0. The zero-order valence-electron chi connectivity index (χ0n) is 19.0. The highest BCUT2D eigenvalue weighted by Crippen LogP contribution is 2.58. The molecule has 2 atom stereocenters. The van der Waals surface area contributed by atoms with Crippen molar-refractivity contribution in [2.45, 2.75) is 106 Å². The lowest BCUT2D eigenvalue weighted by Crippen LogP contribution is -2.58. The molecule has 0 heterocycles. The Balaban J connectivity index is 1.29. The number of hydrogen-bond acceptors (Lipinski definition) is 2. The van der Waals surface area contributed by atoms with E-state index in [1.807, 2.05) is 30.3 Å². The van der Waals surface area contributed by atoms with Crippen LogP contribution < -0.4 is 10.1 Å². The molecule has 0 aliphatic heterocycles. The number of hydrogen-bond donors (Lipinski definition) is 1. The van der Waals surface area contributed by atoms with Gasteiger partial charge in [-0.1, -0.05) is 72.9 Å². The summed E-state index contributed by atoms with van der Waals surface area (Å²) in [4.78, 5) is 12.6. The van der Waals surface area contributed by atoms with Gasteiger partial charge in [0.2, 0.25) is 0 Å². The number of fused-ring (bicyclic) bond motifs is 3. The van der Waals surface area contributed by atoms with E-state index in [1.165, 1.54) is 77.0 Å². The third-order valence-corrected chi connectivity index (χ3v) is 9.82. The van der Waals surface area contributed by atoms with Gasteiger partial charge in [0, 0.05) is 9.46 Å². The van der Waals surface area contributed by atoms with Gasteiger partial charge in [0.25, 0.3) is 5.91 Å². The summed E-state index contributed by atoms with van der Waals surface area (Å²) < 4.78 is 6.57. The van der Waals surface area contributed by atoms with Gasteiger partial charge in [0.1, 0.15) is 5.75 Å². The molecule has 0 radical (unpaired) electrons. The van der Waals surface area contributed by atoms with E-state index in [-0.39, 0.29) is 18.1 Å². The molecule has 1 aromatic rings. The first-order chi connectivity index (χ1) is 15.1. The van der Waals surface area contributed by atoms with Crippen LogP contribution in [0, 0.1) is 11.3 Å². The Hall–Kier alpha value is -0.780. The summed E-state index contributed by atoms with van der Waals surface area (Å²) in [6.07, 6.45) is 20.3. The van der Waals surface area contributed by atoms with Crippen LogP contribution in [0.2, 0.25) is 0 Å². The largest absolute Gasteiger partial charge is 0.484 e. The van der Waals surface area contributed by atoms with E-state index in [0.29, 0.717) is 5.41 Å². The van der Waals surface area contributed by atoms with E-state index in [0.717, 1.165) is 34.9 Å². The number of carbonyl (C=O) groups is 1. The molecule has 0 aromatic heterocycles. The van der Waals surface area contributed by atoms with Gasteiger partial charge in [-0.05, 0) is 87.7 Å². The van der Waals surface area contributed by atoms with Crippen molar-refractivity contribution in [1.29, 1.82) is 0 Å². The van der Waals surface area contributed by atoms with E-state index in [2.05, 4.69) is 27.9 Å². The highest BCUT2D eigenvalue weighted by Gasteiger charge is 2.51. The van der Waals surface area contributed by atoms with Gasteiger partial charge in [0.05, 0.1) is 0 Å².